The number of hydrogen-bond donors (Lipinski definition) is 3. The van der Waals surface area contributed by atoms with Gasteiger partial charge in [0.2, 0.25) is 5.91 Å². The molecule has 4 N–H and O–H groups in total. The highest BCUT2D eigenvalue weighted by Gasteiger charge is 2.12. The summed E-state index contributed by atoms with van der Waals surface area (Å²) in [4.78, 5) is 23.8. The molecule has 3 aromatic carbocycles. The van der Waals surface area contributed by atoms with Crippen LogP contribution < -0.4 is 15.8 Å². The van der Waals surface area contributed by atoms with Crippen LogP contribution in [-0.4, -0.2) is 17.4 Å². The Balaban J connectivity index is 0.000000363. The summed E-state index contributed by atoms with van der Waals surface area (Å²) >= 11 is 1.63. The number of nitrogens with one attached hydrogen (secondary N) is 2. The fraction of sp³-hybridized carbons (Fsp3) is 0.214. The Kier molecular flexibility index (Phi) is 9.11. The maximum Gasteiger partial charge on any atom is 0.284 e. The quantitative estimate of drug-likeness (QED) is 0.269. The van der Waals surface area contributed by atoms with Crippen LogP contribution in [0.4, 0.5) is 5.69 Å². The molecule has 6 nitrogen and oxygen atoms in total. The van der Waals surface area contributed by atoms with Gasteiger partial charge in [-0.1, -0.05) is 54.6 Å². The van der Waals surface area contributed by atoms with Crippen molar-refractivity contribution in [3.63, 3.8) is 0 Å². The van der Waals surface area contributed by atoms with E-state index in [0.717, 1.165) is 27.8 Å². The highest BCUT2D eigenvalue weighted by atomic mass is 32.2. The van der Waals surface area contributed by atoms with E-state index in [0.29, 0.717) is 6.42 Å². The molecule has 0 saturated heterocycles. The molecule has 0 bridgehead atoms. The van der Waals surface area contributed by atoms with Crippen molar-refractivity contribution < 1.29 is 14.0 Å². The molecule has 4 rings (SSSR count). The highest BCUT2D eigenvalue weighted by molar-refractivity contribution is 7.97. The second kappa shape index (κ2) is 12.2. The highest BCUT2D eigenvalue weighted by Crippen LogP contribution is 2.31. The number of benzene rings is 3. The summed E-state index contributed by atoms with van der Waals surface area (Å²) in [7, 11) is 0. The Labute approximate surface area is 210 Å². The van der Waals surface area contributed by atoms with Crippen molar-refractivity contribution in [2.24, 2.45) is 5.73 Å². The van der Waals surface area contributed by atoms with E-state index in [-0.39, 0.29) is 17.2 Å². The Bertz CT molecular complexity index is 1250. The largest absolute Gasteiger partial charge is 0.459 e. The zero-order chi connectivity index (χ0) is 25.3. The summed E-state index contributed by atoms with van der Waals surface area (Å²) in [5.41, 5.74) is 6.89. The maximum atomic E-state index is 12.4. The van der Waals surface area contributed by atoms with E-state index < -0.39 is 5.91 Å². The molecular formula is C28H31N3O3S. The third-order valence-electron chi connectivity index (χ3n) is 4.87. The van der Waals surface area contributed by atoms with Gasteiger partial charge < -0.3 is 15.5 Å². The van der Waals surface area contributed by atoms with Crippen LogP contribution in [0.1, 0.15) is 43.3 Å². The molecular weight excluding hydrogens is 458 g/mol. The smallest absolute Gasteiger partial charge is 0.284 e. The topological polar surface area (TPSA) is 97.4 Å². The Morgan fingerprint density at radius 2 is 1.60 bits per heavy atom. The van der Waals surface area contributed by atoms with Crippen LogP contribution >= 0.6 is 11.9 Å². The number of carbonyl (C=O) groups excluding carboxylic acids is 2. The number of rotatable bonds is 7. The Morgan fingerprint density at radius 3 is 2.23 bits per heavy atom. The third-order valence-corrected chi connectivity index (χ3v) is 6.16. The van der Waals surface area contributed by atoms with E-state index in [4.69, 9.17) is 5.73 Å². The van der Waals surface area contributed by atoms with Crippen LogP contribution in [0.3, 0.4) is 0 Å². The van der Waals surface area contributed by atoms with Crippen LogP contribution in [0.25, 0.3) is 10.8 Å². The minimum Gasteiger partial charge on any atom is -0.459 e. The number of primary amides is 1. The number of anilines is 1. The van der Waals surface area contributed by atoms with Gasteiger partial charge in [-0.05, 0) is 74.4 Å². The molecule has 182 valence electrons. The van der Waals surface area contributed by atoms with Crippen LogP contribution in [0.5, 0.6) is 0 Å². The molecule has 0 radical (unpaired) electrons. The number of fused-ring (bicyclic) bond motifs is 1. The van der Waals surface area contributed by atoms with Gasteiger partial charge in [0.05, 0.1) is 6.26 Å². The minimum atomic E-state index is -0.532. The van der Waals surface area contributed by atoms with E-state index >= 15 is 0 Å². The summed E-state index contributed by atoms with van der Waals surface area (Å²) in [5.74, 6) is -0.294. The normalized spacial score (nSPS) is 10.9. The lowest BCUT2D eigenvalue weighted by Crippen LogP contribution is -2.29. The first-order valence-electron chi connectivity index (χ1n) is 11.4. The predicted octanol–water partition coefficient (Wildman–Crippen LogP) is 6.18. The van der Waals surface area contributed by atoms with Crippen LogP contribution in [0.2, 0.25) is 0 Å². The zero-order valence-corrected chi connectivity index (χ0v) is 21.0. The van der Waals surface area contributed by atoms with Gasteiger partial charge >= 0.3 is 0 Å². The summed E-state index contributed by atoms with van der Waals surface area (Å²) < 4.78 is 8.08. The Morgan fingerprint density at radius 1 is 0.886 bits per heavy atom. The van der Waals surface area contributed by atoms with Gasteiger partial charge in [0, 0.05) is 27.9 Å². The molecule has 2 amide bonds. The SMILES string of the molecule is CC(C)(C)NSc1cccc2c(NC(=O)CCc3ccccc3)cccc12.NC(=O)c1ccco1. The van der Waals surface area contributed by atoms with Gasteiger partial charge in [-0.15, -0.1) is 0 Å². The molecule has 7 heteroatoms. The van der Waals surface area contributed by atoms with Crippen molar-refractivity contribution in [2.75, 3.05) is 5.32 Å². The van der Waals surface area contributed by atoms with Crippen LogP contribution in [-0.2, 0) is 11.2 Å². The van der Waals surface area contributed by atoms with Gasteiger partial charge in [0.25, 0.3) is 5.91 Å². The summed E-state index contributed by atoms with van der Waals surface area (Å²) in [6.07, 6.45) is 2.62. The second-order valence-electron chi connectivity index (χ2n) is 8.99. The lowest BCUT2D eigenvalue weighted by Gasteiger charge is -2.20. The predicted molar refractivity (Wildman–Crippen MR) is 143 cm³/mol. The van der Waals surface area contributed by atoms with E-state index in [1.807, 2.05) is 36.4 Å². The number of furan rings is 1. The van der Waals surface area contributed by atoms with Crippen molar-refractivity contribution in [3.05, 3.63) is 96.4 Å². The molecule has 4 aromatic rings. The molecule has 0 atom stereocenters. The first-order chi connectivity index (χ1) is 16.7. The fourth-order valence-electron chi connectivity index (χ4n) is 3.22. The van der Waals surface area contributed by atoms with E-state index in [9.17, 15) is 9.59 Å². The molecule has 0 aliphatic carbocycles. The first kappa shape index (κ1) is 26.1. The number of hydrogen-bond acceptors (Lipinski definition) is 5. The average Bonchev–Trinajstić information content (AvgIpc) is 3.38. The average molecular weight is 490 g/mol. The Hall–Kier alpha value is -3.55. The lowest BCUT2D eigenvalue weighted by molar-refractivity contribution is -0.116. The second-order valence-corrected chi connectivity index (χ2v) is 9.83. The lowest BCUT2D eigenvalue weighted by atomic mass is 10.1. The summed E-state index contributed by atoms with van der Waals surface area (Å²) in [6.45, 7) is 6.43. The van der Waals surface area contributed by atoms with Gasteiger partial charge in [-0.2, -0.15) is 0 Å². The molecule has 0 fully saturated rings. The molecule has 0 unspecified atom stereocenters. The van der Waals surface area contributed by atoms with Gasteiger partial charge in [-0.25, -0.2) is 0 Å². The monoisotopic (exact) mass is 489 g/mol. The maximum absolute atomic E-state index is 12.4. The van der Waals surface area contributed by atoms with Crippen LogP contribution in [0, 0.1) is 0 Å². The zero-order valence-electron chi connectivity index (χ0n) is 20.2. The molecule has 0 spiro atoms. The standard InChI is InChI=1S/C23H26N2OS.C5H5NO2/c1-23(2,3)25-27-21-14-8-11-18-19(21)12-7-13-20(18)24-22(26)16-15-17-9-5-4-6-10-17;6-5(7)4-2-1-3-8-4/h4-14,25H,15-16H2,1-3H3,(H,24,26);1-3H,(H2,6,7). The molecule has 0 aliphatic rings. The number of aryl methyl sites for hydroxylation is 1. The van der Waals surface area contributed by atoms with Gasteiger partial charge in [0.15, 0.2) is 5.76 Å². The summed E-state index contributed by atoms with van der Waals surface area (Å²) in [6, 6.07) is 25.5. The van der Waals surface area contributed by atoms with Crippen molar-refractivity contribution in [1.82, 2.24) is 4.72 Å². The van der Waals surface area contributed by atoms with Crippen molar-refractivity contribution in [1.29, 1.82) is 0 Å². The molecule has 1 heterocycles. The minimum absolute atomic E-state index is 0.0239. The van der Waals surface area contributed by atoms with Gasteiger partial charge in [-0.3, -0.25) is 14.3 Å². The van der Waals surface area contributed by atoms with Gasteiger partial charge in [0.1, 0.15) is 0 Å². The number of amides is 2. The number of carbonyl (C=O) groups is 2. The molecule has 0 aliphatic heterocycles. The third kappa shape index (κ3) is 8.31. The van der Waals surface area contributed by atoms with Crippen LogP contribution in [0.15, 0.2) is 94.4 Å². The first-order valence-corrected chi connectivity index (χ1v) is 12.2. The molecule has 35 heavy (non-hydrogen) atoms. The summed E-state index contributed by atoms with van der Waals surface area (Å²) in [5, 5.41) is 5.29. The fourth-order valence-corrected chi connectivity index (χ4v) is 4.07. The molecule has 0 saturated carbocycles. The van der Waals surface area contributed by atoms with E-state index in [2.05, 4.69) is 65.6 Å². The number of nitrogens with two attached hydrogens (primary N) is 1. The van der Waals surface area contributed by atoms with Crippen molar-refractivity contribution in [3.8, 4) is 0 Å². The van der Waals surface area contributed by atoms with Crippen molar-refractivity contribution in [2.45, 2.75) is 44.0 Å². The molecule has 1 aromatic heterocycles. The van der Waals surface area contributed by atoms with Crippen molar-refractivity contribution >= 4 is 40.2 Å². The van der Waals surface area contributed by atoms with E-state index in [1.54, 1.807) is 18.0 Å². The van der Waals surface area contributed by atoms with E-state index in [1.165, 1.54) is 17.9 Å².